The molecule has 36 heavy (non-hydrogen) atoms. The van der Waals surface area contributed by atoms with Crippen LogP contribution < -0.4 is 4.74 Å². The van der Waals surface area contributed by atoms with E-state index in [1.54, 1.807) is 0 Å². The molecule has 7 nitrogen and oxygen atoms in total. The molecule has 0 saturated carbocycles. The predicted octanol–water partition coefficient (Wildman–Crippen LogP) is 7.76. The monoisotopic (exact) mass is 524 g/mol. The van der Waals surface area contributed by atoms with Crippen LogP contribution in [-0.4, -0.2) is 59.0 Å². The number of hydrogen-bond acceptors (Lipinski definition) is 7. The Labute approximate surface area is 223 Å². The first-order valence-electron chi connectivity index (χ1n) is 14.3. The fourth-order valence-electron chi connectivity index (χ4n) is 4.59. The molecule has 1 unspecified atom stereocenters. The van der Waals surface area contributed by atoms with Gasteiger partial charge in [0, 0.05) is 18.9 Å². The molecule has 1 aliphatic rings. The predicted molar refractivity (Wildman–Crippen MR) is 147 cm³/mol. The Hall–Kier alpha value is -1.67. The van der Waals surface area contributed by atoms with Crippen LogP contribution >= 0.6 is 11.7 Å². The molecular formula is C28H50N3O4S+. The zero-order chi connectivity index (χ0) is 26.1. The van der Waals surface area contributed by atoms with Crippen LogP contribution in [0.2, 0.25) is 0 Å². The lowest BCUT2D eigenvalue weighted by Crippen LogP contribution is -2.55. The summed E-state index contributed by atoms with van der Waals surface area (Å²) in [6, 6.07) is 0. The zero-order valence-electron chi connectivity index (χ0n) is 23.3. The third-order valence-electron chi connectivity index (χ3n) is 7.17. The number of likely N-dealkylation sites (N-methyl/N-ethyl adjacent to an activating group) is 1. The van der Waals surface area contributed by atoms with Gasteiger partial charge in [-0.15, -0.1) is 4.37 Å². The van der Waals surface area contributed by atoms with E-state index in [2.05, 4.69) is 35.7 Å². The quantitative estimate of drug-likeness (QED) is 0.105. The van der Waals surface area contributed by atoms with E-state index in [9.17, 15) is 4.79 Å². The number of rotatable bonds is 19. The Morgan fingerprint density at radius 1 is 0.944 bits per heavy atom. The molecule has 0 bridgehead atoms. The molecule has 0 amide bonds. The Kier molecular flexibility index (Phi) is 15.0. The van der Waals surface area contributed by atoms with Crippen LogP contribution in [0.5, 0.6) is 5.88 Å². The molecule has 206 valence electrons. The summed E-state index contributed by atoms with van der Waals surface area (Å²) in [5.41, 5.74) is 1.94. The number of hydrogen-bond donors (Lipinski definition) is 0. The third kappa shape index (κ3) is 11.2. The highest BCUT2D eigenvalue weighted by Crippen LogP contribution is 2.31. The Bertz CT molecular complexity index is 770. The van der Waals surface area contributed by atoms with Crippen molar-refractivity contribution in [3.05, 3.63) is 11.8 Å². The van der Waals surface area contributed by atoms with E-state index in [-0.39, 0.29) is 6.23 Å². The Morgan fingerprint density at radius 2 is 1.56 bits per heavy atom. The lowest BCUT2D eigenvalue weighted by atomic mass is 10.0. The molecule has 1 aromatic rings. The van der Waals surface area contributed by atoms with Gasteiger partial charge >= 0.3 is 6.16 Å². The van der Waals surface area contributed by atoms with Gasteiger partial charge in [0.1, 0.15) is 12.2 Å². The summed E-state index contributed by atoms with van der Waals surface area (Å²) in [4.78, 5) is 12.3. The van der Waals surface area contributed by atoms with Gasteiger partial charge in [0.05, 0.1) is 38.5 Å². The molecule has 0 radical (unpaired) electrons. The van der Waals surface area contributed by atoms with E-state index in [0.717, 1.165) is 43.5 Å². The second-order valence-corrected chi connectivity index (χ2v) is 10.9. The minimum Gasteiger partial charge on any atom is -0.475 e. The standard InChI is InChI=1S/C28H50N3O4S/c1-5-7-9-11-12-13-14-15-17-22-34-28(32)35-24(3)31(4)20-18-19-25(23-31)26-27(30-36-29-26)33-21-16-10-8-6-2/h19,24H,5-18,20-23H2,1-4H3/q+1/t24-,31?/m0/s1. The minimum absolute atomic E-state index is 0.311. The number of carbonyl (C=O) groups is 1. The van der Waals surface area contributed by atoms with E-state index in [1.807, 2.05) is 6.92 Å². The molecule has 0 fully saturated rings. The molecule has 8 heteroatoms. The molecule has 0 saturated heterocycles. The molecule has 2 rings (SSSR count). The fourth-order valence-corrected chi connectivity index (χ4v) is 5.12. The van der Waals surface area contributed by atoms with Gasteiger partial charge in [0.2, 0.25) is 6.23 Å². The average molecular weight is 525 g/mol. The summed E-state index contributed by atoms with van der Waals surface area (Å²) >= 11 is 1.19. The lowest BCUT2D eigenvalue weighted by molar-refractivity contribution is -0.944. The minimum atomic E-state index is -0.566. The van der Waals surface area contributed by atoms with Crippen molar-refractivity contribution >= 4 is 23.5 Å². The lowest BCUT2D eigenvalue weighted by Gasteiger charge is -2.41. The number of quaternary nitrogens is 1. The maximum atomic E-state index is 12.3. The highest BCUT2D eigenvalue weighted by molar-refractivity contribution is 6.99. The van der Waals surface area contributed by atoms with Crippen LogP contribution in [0.25, 0.3) is 5.57 Å². The molecular weight excluding hydrogens is 474 g/mol. The van der Waals surface area contributed by atoms with E-state index in [1.165, 1.54) is 75.9 Å². The first kappa shape index (κ1) is 30.6. The molecule has 0 aromatic carbocycles. The zero-order valence-corrected chi connectivity index (χ0v) is 24.1. The summed E-state index contributed by atoms with van der Waals surface area (Å²) in [7, 11) is 2.12. The van der Waals surface area contributed by atoms with E-state index in [4.69, 9.17) is 14.2 Å². The van der Waals surface area contributed by atoms with Gasteiger partial charge in [-0.2, -0.15) is 4.37 Å². The fraction of sp³-hybridized carbons (Fsp3) is 0.821. The van der Waals surface area contributed by atoms with Crippen molar-refractivity contribution in [1.82, 2.24) is 8.75 Å². The maximum Gasteiger partial charge on any atom is 0.512 e. The van der Waals surface area contributed by atoms with Crippen LogP contribution in [0.15, 0.2) is 6.08 Å². The van der Waals surface area contributed by atoms with Gasteiger partial charge in [-0.3, -0.25) is 4.48 Å². The summed E-state index contributed by atoms with van der Waals surface area (Å²) < 4.78 is 26.5. The molecule has 2 heterocycles. The van der Waals surface area contributed by atoms with Crippen molar-refractivity contribution in [1.29, 1.82) is 0 Å². The van der Waals surface area contributed by atoms with Gasteiger partial charge in [0.15, 0.2) is 0 Å². The Balaban J connectivity index is 1.70. The molecule has 1 aromatic heterocycles. The van der Waals surface area contributed by atoms with Crippen molar-refractivity contribution in [3.63, 3.8) is 0 Å². The van der Waals surface area contributed by atoms with Crippen LogP contribution in [0.3, 0.4) is 0 Å². The second kappa shape index (κ2) is 17.7. The van der Waals surface area contributed by atoms with Crippen molar-refractivity contribution < 1.29 is 23.5 Å². The van der Waals surface area contributed by atoms with Gasteiger partial charge < -0.3 is 14.2 Å². The molecule has 0 aliphatic carbocycles. The third-order valence-corrected chi connectivity index (χ3v) is 7.69. The SMILES string of the molecule is CCCCCCCCCCCOC(=O)O[C@@H](C)[N+]1(C)CCC=C(c2nsnc2OCCCCCC)C1. The highest BCUT2D eigenvalue weighted by Gasteiger charge is 2.37. The molecule has 0 spiro atoms. The van der Waals surface area contributed by atoms with Crippen molar-refractivity contribution in [2.75, 3.05) is 33.4 Å². The average Bonchev–Trinajstić information content (AvgIpc) is 3.33. The van der Waals surface area contributed by atoms with E-state index < -0.39 is 6.16 Å². The number of ether oxygens (including phenoxy) is 3. The topological polar surface area (TPSA) is 70.5 Å². The number of aromatic nitrogens is 2. The van der Waals surface area contributed by atoms with Crippen LogP contribution in [-0.2, 0) is 9.47 Å². The summed E-state index contributed by atoms with van der Waals surface area (Å²) in [6.07, 6.45) is 18.0. The Morgan fingerprint density at radius 3 is 2.25 bits per heavy atom. The van der Waals surface area contributed by atoms with Crippen LogP contribution in [0.4, 0.5) is 4.79 Å². The summed E-state index contributed by atoms with van der Waals surface area (Å²) in [5, 5.41) is 0. The number of nitrogens with zero attached hydrogens (tertiary/aromatic N) is 3. The smallest absolute Gasteiger partial charge is 0.475 e. The summed E-state index contributed by atoms with van der Waals surface area (Å²) in [5.74, 6) is 0.630. The van der Waals surface area contributed by atoms with Gasteiger partial charge in [0.25, 0.3) is 5.88 Å². The summed E-state index contributed by atoms with van der Waals surface area (Å²) in [6.45, 7) is 9.10. The van der Waals surface area contributed by atoms with E-state index >= 15 is 0 Å². The highest BCUT2D eigenvalue weighted by atomic mass is 32.1. The van der Waals surface area contributed by atoms with E-state index in [0.29, 0.717) is 30.1 Å². The largest absolute Gasteiger partial charge is 0.512 e. The van der Waals surface area contributed by atoms with Crippen molar-refractivity contribution in [2.24, 2.45) is 0 Å². The number of carbonyl (C=O) groups excluding carboxylic acids is 1. The van der Waals surface area contributed by atoms with Crippen LogP contribution in [0.1, 0.15) is 116 Å². The maximum absolute atomic E-state index is 12.3. The van der Waals surface area contributed by atoms with Crippen LogP contribution in [0, 0.1) is 0 Å². The molecule has 0 N–H and O–H groups in total. The first-order valence-corrected chi connectivity index (χ1v) is 15.1. The first-order chi connectivity index (χ1) is 17.5. The van der Waals surface area contributed by atoms with Gasteiger partial charge in [-0.1, -0.05) is 90.6 Å². The van der Waals surface area contributed by atoms with Gasteiger partial charge in [-0.25, -0.2) is 4.79 Å². The molecule has 2 atom stereocenters. The second-order valence-electron chi connectivity index (χ2n) is 10.4. The van der Waals surface area contributed by atoms with Crippen molar-refractivity contribution in [3.8, 4) is 5.88 Å². The van der Waals surface area contributed by atoms with Gasteiger partial charge in [-0.05, 0) is 12.8 Å². The normalized spacial score (nSPS) is 18.5. The number of unbranched alkanes of at least 4 members (excludes halogenated alkanes) is 11. The molecule has 1 aliphatic heterocycles. The van der Waals surface area contributed by atoms with Crippen molar-refractivity contribution in [2.45, 2.75) is 117 Å².